The van der Waals surface area contributed by atoms with Gasteiger partial charge in [0.1, 0.15) is 18.2 Å². The van der Waals surface area contributed by atoms with Crippen molar-refractivity contribution < 1.29 is 4.74 Å². The largest absolute Gasteiger partial charge is 0.488 e. The molecule has 0 aliphatic rings. The summed E-state index contributed by atoms with van der Waals surface area (Å²) in [5.74, 6) is 1.13. The molecule has 0 fully saturated rings. The summed E-state index contributed by atoms with van der Waals surface area (Å²) >= 11 is 6.92. The third-order valence-electron chi connectivity index (χ3n) is 4.12. The lowest BCUT2D eigenvalue weighted by Crippen LogP contribution is -2.10. The van der Waals surface area contributed by atoms with Crippen LogP contribution in [-0.4, -0.2) is 9.97 Å². The van der Waals surface area contributed by atoms with Crippen LogP contribution in [0.15, 0.2) is 80.5 Å². The van der Waals surface area contributed by atoms with Crippen LogP contribution in [0.2, 0.25) is 0 Å². The minimum atomic E-state index is -0.172. The molecule has 0 aliphatic carbocycles. The van der Waals surface area contributed by atoms with E-state index in [1.54, 1.807) is 6.07 Å². The molecule has 4 rings (SSSR count). The molecule has 3 aromatic carbocycles. The second-order valence-electron chi connectivity index (χ2n) is 5.99. The molecule has 0 amide bonds. The van der Waals surface area contributed by atoms with Gasteiger partial charge in [-0.15, -0.1) is 0 Å². The van der Waals surface area contributed by atoms with Crippen molar-refractivity contribution in [3.8, 4) is 17.1 Å². The Morgan fingerprint density at radius 3 is 2.48 bits per heavy atom. The Hall–Kier alpha value is -2.44. The first kappa shape index (κ1) is 17.9. The van der Waals surface area contributed by atoms with Crippen molar-refractivity contribution in [2.45, 2.75) is 6.61 Å². The van der Waals surface area contributed by atoms with Crippen LogP contribution < -0.4 is 10.3 Å². The van der Waals surface area contributed by atoms with Crippen LogP contribution in [0.5, 0.6) is 5.75 Å². The molecule has 27 heavy (non-hydrogen) atoms. The zero-order valence-corrected chi connectivity index (χ0v) is 17.2. The van der Waals surface area contributed by atoms with Crippen molar-refractivity contribution in [3.05, 3.63) is 91.6 Å². The molecular weight excluding hydrogens is 472 g/mol. The van der Waals surface area contributed by atoms with Gasteiger partial charge in [-0.05, 0) is 48.0 Å². The molecule has 0 saturated heterocycles. The summed E-state index contributed by atoms with van der Waals surface area (Å²) in [6.45, 7) is 0.416. The Kier molecular flexibility index (Phi) is 5.09. The van der Waals surface area contributed by atoms with Crippen LogP contribution in [-0.2, 0) is 6.61 Å². The Labute approximate surface area is 172 Å². The van der Waals surface area contributed by atoms with E-state index in [0.29, 0.717) is 29.1 Å². The molecule has 6 heteroatoms. The molecule has 0 aliphatic heterocycles. The molecular formula is C21H14Br2N2O2. The maximum absolute atomic E-state index is 12.4. The number of halogens is 2. The molecule has 1 heterocycles. The quantitative estimate of drug-likeness (QED) is 0.403. The summed E-state index contributed by atoms with van der Waals surface area (Å²) in [7, 11) is 0. The number of H-pyrrole nitrogens is 1. The normalized spacial score (nSPS) is 10.9. The van der Waals surface area contributed by atoms with E-state index in [9.17, 15) is 4.79 Å². The van der Waals surface area contributed by atoms with E-state index in [1.165, 1.54) is 0 Å². The number of nitrogens with one attached hydrogen (secondary N) is 1. The number of aromatic nitrogens is 2. The van der Waals surface area contributed by atoms with Crippen molar-refractivity contribution >= 4 is 42.8 Å². The SMILES string of the molecule is O=c1[nH]c(-c2cc(Br)ccc2OCc2ccc(Br)cc2)nc2ccccc12. The van der Waals surface area contributed by atoms with E-state index in [4.69, 9.17) is 4.74 Å². The van der Waals surface area contributed by atoms with Crippen LogP contribution in [0.4, 0.5) is 0 Å². The fourth-order valence-electron chi connectivity index (χ4n) is 2.77. The number of benzene rings is 3. The third kappa shape index (κ3) is 3.96. The minimum absolute atomic E-state index is 0.172. The lowest BCUT2D eigenvalue weighted by Gasteiger charge is -2.12. The molecule has 4 nitrogen and oxygen atoms in total. The lowest BCUT2D eigenvalue weighted by molar-refractivity contribution is 0.307. The molecule has 0 saturated carbocycles. The van der Waals surface area contributed by atoms with E-state index in [-0.39, 0.29) is 5.56 Å². The number of hydrogen-bond donors (Lipinski definition) is 1. The zero-order valence-electron chi connectivity index (χ0n) is 14.1. The number of rotatable bonds is 4. The van der Waals surface area contributed by atoms with Gasteiger partial charge < -0.3 is 9.72 Å². The van der Waals surface area contributed by atoms with Gasteiger partial charge in [0.15, 0.2) is 0 Å². The number of ether oxygens (including phenoxy) is 1. The Morgan fingerprint density at radius 2 is 1.67 bits per heavy atom. The van der Waals surface area contributed by atoms with Crippen LogP contribution in [0, 0.1) is 0 Å². The maximum Gasteiger partial charge on any atom is 0.259 e. The predicted molar refractivity (Wildman–Crippen MR) is 114 cm³/mol. The van der Waals surface area contributed by atoms with Gasteiger partial charge in [-0.2, -0.15) is 0 Å². The van der Waals surface area contributed by atoms with Gasteiger partial charge in [0, 0.05) is 8.95 Å². The average Bonchev–Trinajstić information content (AvgIpc) is 2.68. The van der Waals surface area contributed by atoms with Crippen molar-refractivity contribution in [1.29, 1.82) is 0 Å². The summed E-state index contributed by atoms with van der Waals surface area (Å²) in [5.41, 5.74) is 2.25. The molecule has 0 bridgehead atoms. The first-order chi connectivity index (χ1) is 13.1. The average molecular weight is 486 g/mol. The predicted octanol–water partition coefficient (Wildman–Crippen LogP) is 5.69. The number of aromatic amines is 1. The second kappa shape index (κ2) is 7.66. The molecule has 0 radical (unpaired) electrons. The van der Waals surface area contributed by atoms with Gasteiger partial charge in [-0.1, -0.05) is 56.1 Å². The van der Waals surface area contributed by atoms with E-state index < -0.39 is 0 Å². The standard InChI is InChI=1S/C21H14Br2N2O2/c22-14-7-5-13(6-8-14)12-27-19-10-9-15(23)11-17(19)20-24-18-4-2-1-3-16(18)21(26)25-20/h1-11H,12H2,(H,24,25,26). The monoisotopic (exact) mass is 484 g/mol. The van der Waals surface area contributed by atoms with Crippen molar-refractivity contribution in [1.82, 2.24) is 9.97 Å². The van der Waals surface area contributed by atoms with Crippen molar-refractivity contribution in [2.24, 2.45) is 0 Å². The molecule has 4 aromatic rings. The number of nitrogens with zero attached hydrogens (tertiary/aromatic N) is 1. The van der Waals surface area contributed by atoms with E-state index >= 15 is 0 Å². The molecule has 0 unspecified atom stereocenters. The van der Waals surface area contributed by atoms with Crippen molar-refractivity contribution in [2.75, 3.05) is 0 Å². The van der Waals surface area contributed by atoms with Gasteiger partial charge in [0.2, 0.25) is 0 Å². The van der Waals surface area contributed by atoms with Crippen LogP contribution in [0.25, 0.3) is 22.3 Å². The zero-order chi connectivity index (χ0) is 18.8. The van der Waals surface area contributed by atoms with Gasteiger partial charge >= 0.3 is 0 Å². The minimum Gasteiger partial charge on any atom is -0.488 e. The maximum atomic E-state index is 12.4. The van der Waals surface area contributed by atoms with E-state index in [1.807, 2.05) is 60.7 Å². The number of hydrogen-bond acceptors (Lipinski definition) is 3. The summed E-state index contributed by atoms with van der Waals surface area (Å²) in [4.78, 5) is 19.9. The molecule has 0 spiro atoms. The van der Waals surface area contributed by atoms with Crippen molar-refractivity contribution in [3.63, 3.8) is 0 Å². The van der Waals surface area contributed by atoms with Gasteiger partial charge in [-0.25, -0.2) is 4.98 Å². The van der Waals surface area contributed by atoms with Gasteiger partial charge in [0.05, 0.1) is 16.5 Å². The van der Waals surface area contributed by atoms with E-state index in [0.717, 1.165) is 20.1 Å². The molecule has 1 aromatic heterocycles. The highest BCUT2D eigenvalue weighted by atomic mass is 79.9. The van der Waals surface area contributed by atoms with Crippen LogP contribution in [0.3, 0.4) is 0 Å². The fourth-order valence-corrected chi connectivity index (χ4v) is 3.39. The van der Waals surface area contributed by atoms with Gasteiger partial charge in [-0.3, -0.25) is 4.79 Å². The van der Waals surface area contributed by atoms with Crippen LogP contribution in [0.1, 0.15) is 5.56 Å². The van der Waals surface area contributed by atoms with Crippen LogP contribution >= 0.6 is 31.9 Å². The van der Waals surface area contributed by atoms with Gasteiger partial charge in [0.25, 0.3) is 5.56 Å². The lowest BCUT2D eigenvalue weighted by atomic mass is 10.1. The summed E-state index contributed by atoms with van der Waals surface area (Å²) < 4.78 is 7.93. The highest BCUT2D eigenvalue weighted by Crippen LogP contribution is 2.31. The fraction of sp³-hybridized carbons (Fsp3) is 0.0476. The first-order valence-corrected chi connectivity index (χ1v) is 9.85. The first-order valence-electron chi connectivity index (χ1n) is 8.26. The second-order valence-corrected chi connectivity index (χ2v) is 7.82. The summed E-state index contributed by atoms with van der Waals surface area (Å²) in [6, 6.07) is 20.9. The molecule has 0 atom stereocenters. The smallest absolute Gasteiger partial charge is 0.259 e. The summed E-state index contributed by atoms with van der Waals surface area (Å²) in [5, 5.41) is 0.563. The molecule has 1 N–H and O–H groups in total. The third-order valence-corrected chi connectivity index (χ3v) is 5.14. The Morgan fingerprint density at radius 1 is 0.926 bits per heavy atom. The summed E-state index contributed by atoms with van der Waals surface area (Å²) in [6.07, 6.45) is 0. The highest BCUT2D eigenvalue weighted by molar-refractivity contribution is 9.10. The highest BCUT2D eigenvalue weighted by Gasteiger charge is 2.12. The number of para-hydroxylation sites is 1. The Bertz CT molecular complexity index is 1170. The topological polar surface area (TPSA) is 55.0 Å². The molecule has 134 valence electrons. The number of fused-ring (bicyclic) bond motifs is 1. The van der Waals surface area contributed by atoms with E-state index in [2.05, 4.69) is 41.8 Å². The Balaban J connectivity index is 1.73.